The summed E-state index contributed by atoms with van der Waals surface area (Å²) in [5.41, 5.74) is 2.07. The van der Waals surface area contributed by atoms with Crippen molar-refractivity contribution in [3.8, 4) is 11.4 Å². The Morgan fingerprint density at radius 2 is 2.13 bits per heavy atom. The molecule has 0 bridgehead atoms. The number of thioether (sulfide) groups is 1. The van der Waals surface area contributed by atoms with Gasteiger partial charge in [-0.15, -0.1) is 10.2 Å². The van der Waals surface area contributed by atoms with E-state index < -0.39 is 0 Å². The van der Waals surface area contributed by atoms with E-state index in [1.165, 1.54) is 11.8 Å². The topological polar surface area (TPSA) is 75.6 Å². The molecule has 0 aliphatic heterocycles. The Morgan fingerprint density at radius 1 is 1.35 bits per heavy atom. The average molecular weight is 329 g/mol. The Labute approximate surface area is 138 Å². The van der Waals surface area contributed by atoms with Gasteiger partial charge in [-0.1, -0.05) is 30.0 Å². The molecule has 0 atom stereocenters. The van der Waals surface area contributed by atoms with Crippen LogP contribution < -0.4 is 5.32 Å². The van der Waals surface area contributed by atoms with Crippen molar-refractivity contribution in [1.82, 2.24) is 25.1 Å². The Hall–Kier alpha value is -2.28. The Morgan fingerprint density at radius 3 is 2.91 bits per heavy atom. The van der Waals surface area contributed by atoms with Gasteiger partial charge in [-0.2, -0.15) is 0 Å². The standard InChI is InChI=1S/C16H19N5OS/c1-10(2)18-14(22)9-23-16-20-19-15(21(16)3)12-8-17-13-7-5-4-6-11(12)13/h4-8,10,17H,9H2,1-3H3,(H,18,22). The zero-order chi connectivity index (χ0) is 16.4. The van der Waals surface area contributed by atoms with Gasteiger partial charge in [-0.05, 0) is 19.9 Å². The van der Waals surface area contributed by atoms with Gasteiger partial charge in [0.25, 0.3) is 0 Å². The second kappa shape index (κ2) is 6.45. The summed E-state index contributed by atoms with van der Waals surface area (Å²) >= 11 is 1.39. The molecule has 3 aromatic rings. The number of hydrogen-bond donors (Lipinski definition) is 2. The van der Waals surface area contributed by atoms with Gasteiger partial charge in [0, 0.05) is 35.8 Å². The minimum absolute atomic E-state index is 0.00152. The van der Waals surface area contributed by atoms with Crippen molar-refractivity contribution in [2.45, 2.75) is 25.0 Å². The largest absolute Gasteiger partial charge is 0.360 e. The summed E-state index contributed by atoms with van der Waals surface area (Å²) in [6.07, 6.45) is 1.94. The van der Waals surface area contributed by atoms with Crippen molar-refractivity contribution >= 4 is 28.6 Å². The van der Waals surface area contributed by atoms with Crippen LogP contribution in [0.2, 0.25) is 0 Å². The zero-order valence-corrected chi connectivity index (χ0v) is 14.1. The molecule has 3 rings (SSSR count). The van der Waals surface area contributed by atoms with Crippen LogP contribution in [0.25, 0.3) is 22.3 Å². The van der Waals surface area contributed by atoms with Crippen molar-refractivity contribution in [2.24, 2.45) is 7.05 Å². The van der Waals surface area contributed by atoms with Crippen LogP contribution in [0.3, 0.4) is 0 Å². The van der Waals surface area contributed by atoms with Crippen molar-refractivity contribution in [3.05, 3.63) is 30.5 Å². The minimum Gasteiger partial charge on any atom is -0.360 e. The van der Waals surface area contributed by atoms with Gasteiger partial charge in [0.05, 0.1) is 5.75 Å². The maximum atomic E-state index is 11.8. The third kappa shape index (κ3) is 3.24. The lowest BCUT2D eigenvalue weighted by Gasteiger charge is -2.07. The maximum absolute atomic E-state index is 11.8. The van der Waals surface area contributed by atoms with Gasteiger partial charge in [0.1, 0.15) is 0 Å². The molecule has 23 heavy (non-hydrogen) atoms. The number of carbonyl (C=O) groups excluding carboxylic acids is 1. The molecule has 0 saturated heterocycles. The summed E-state index contributed by atoms with van der Waals surface area (Å²) in [7, 11) is 1.92. The minimum atomic E-state index is 0.00152. The molecule has 6 nitrogen and oxygen atoms in total. The molecule has 0 aliphatic carbocycles. The van der Waals surface area contributed by atoms with Gasteiger partial charge >= 0.3 is 0 Å². The normalized spacial score (nSPS) is 11.3. The molecule has 2 aromatic heterocycles. The first-order chi connectivity index (χ1) is 11.1. The van der Waals surface area contributed by atoms with Crippen molar-refractivity contribution in [3.63, 3.8) is 0 Å². The lowest BCUT2D eigenvalue weighted by atomic mass is 10.1. The molecule has 0 aliphatic rings. The first kappa shape index (κ1) is 15.6. The van der Waals surface area contributed by atoms with E-state index >= 15 is 0 Å². The molecule has 0 radical (unpaired) electrons. The Kier molecular flexibility index (Phi) is 4.38. The van der Waals surface area contributed by atoms with E-state index in [4.69, 9.17) is 0 Å². The van der Waals surface area contributed by atoms with Crippen LogP contribution in [0.5, 0.6) is 0 Å². The Balaban J connectivity index is 1.81. The number of fused-ring (bicyclic) bond motifs is 1. The number of aromatic nitrogens is 4. The van der Waals surface area contributed by atoms with Gasteiger partial charge in [-0.3, -0.25) is 4.79 Å². The van der Waals surface area contributed by atoms with Gasteiger partial charge in [0.15, 0.2) is 11.0 Å². The summed E-state index contributed by atoms with van der Waals surface area (Å²) in [6.45, 7) is 3.89. The number of aromatic amines is 1. The molecule has 2 N–H and O–H groups in total. The quantitative estimate of drug-likeness (QED) is 0.706. The van der Waals surface area contributed by atoms with Crippen molar-refractivity contribution in [1.29, 1.82) is 0 Å². The van der Waals surface area contributed by atoms with Crippen LogP contribution in [0, 0.1) is 0 Å². The van der Waals surface area contributed by atoms with E-state index in [1.54, 1.807) is 0 Å². The lowest BCUT2D eigenvalue weighted by molar-refractivity contribution is -0.119. The number of carbonyl (C=O) groups is 1. The fourth-order valence-electron chi connectivity index (χ4n) is 2.43. The highest BCUT2D eigenvalue weighted by Crippen LogP contribution is 2.28. The first-order valence-corrected chi connectivity index (χ1v) is 8.43. The highest BCUT2D eigenvalue weighted by atomic mass is 32.2. The molecule has 0 unspecified atom stereocenters. The van der Waals surface area contributed by atoms with Gasteiger partial charge < -0.3 is 14.9 Å². The molecule has 1 amide bonds. The molecule has 2 heterocycles. The van der Waals surface area contributed by atoms with Crippen LogP contribution in [0.15, 0.2) is 35.6 Å². The summed E-state index contributed by atoms with van der Waals surface area (Å²) in [4.78, 5) is 15.0. The van der Waals surface area contributed by atoms with E-state index in [0.717, 1.165) is 27.4 Å². The van der Waals surface area contributed by atoms with Crippen LogP contribution in [0.1, 0.15) is 13.8 Å². The number of nitrogens with zero attached hydrogens (tertiary/aromatic N) is 3. The number of rotatable bonds is 5. The molecule has 120 valence electrons. The average Bonchev–Trinajstić information content (AvgIpc) is 3.08. The summed E-state index contributed by atoms with van der Waals surface area (Å²) in [6, 6.07) is 8.22. The van der Waals surface area contributed by atoms with E-state index in [9.17, 15) is 4.79 Å². The third-order valence-corrected chi connectivity index (χ3v) is 4.47. The van der Waals surface area contributed by atoms with Crippen molar-refractivity contribution < 1.29 is 4.79 Å². The second-order valence-corrected chi connectivity index (χ2v) is 6.57. The third-order valence-electron chi connectivity index (χ3n) is 3.45. The molecule has 1 aromatic carbocycles. The van der Waals surface area contributed by atoms with Crippen LogP contribution in [-0.4, -0.2) is 37.5 Å². The SMILES string of the molecule is CC(C)NC(=O)CSc1nnc(-c2c[nH]c3ccccc23)n1C. The van der Waals surface area contributed by atoms with Crippen LogP contribution in [-0.2, 0) is 11.8 Å². The number of benzene rings is 1. The molecular formula is C16H19N5OS. The van der Waals surface area contributed by atoms with Gasteiger partial charge in [-0.25, -0.2) is 0 Å². The monoisotopic (exact) mass is 329 g/mol. The smallest absolute Gasteiger partial charge is 0.230 e. The van der Waals surface area contributed by atoms with Crippen LogP contribution >= 0.6 is 11.8 Å². The fraction of sp³-hybridized carbons (Fsp3) is 0.312. The van der Waals surface area contributed by atoms with Crippen molar-refractivity contribution in [2.75, 3.05) is 5.75 Å². The predicted octanol–water partition coefficient (Wildman–Crippen LogP) is 2.58. The van der Waals surface area contributed by atoms with E-state index in [2.05, 4.69) is 26.6 Å². The first-order valence-electron chi connectivity index (χ1n) is 7.44. The number of nitrogens with one attached hydrogen (secondary N) is 2. The predicted molar refractivity (Wildman–Crippen MR) is 92.3 cm³/mol. The van der Waals surface area contributed by atoms with E-state index in [-0.39, 0.29) is 11.9 Å². The lowest BCUT2D eigenvalue weighted by Crippen LogP contribution is -2.31. The number of para-hydroxylation sites is 1. The number of H-pyrrole nitrogens is 1. The maximum Gasteiger partial charge on any atom is 0.230 e. The molecule has 0 spiro atoms. The Bertz CT molecular complexity index is 836. The molecule has 7 heteroatoms. The van der Waals surface area contributed by atoms with Crippen LogP contribution in [0.4, 0.5) is 0 Å². The molecule has 0 saturated carbocycles. The summed E-state index contributed by atoms with van der Waals surface area (Å²) in [5, 5.41) is 13.2. The highest BCUT2D eigenvalue weighted by Gasteiger charge is 2.15. The molecular weight excluding hydrogens is 310 g/mol. The number of hydrogen-bond acceptors (Lipinski definition) is 4. The second-order valence-electron chi connectivity index (χ2n) is 5.62. The van der Waals surface area contributed by atoms with E-state index in [1.807, 2.05) is 49.9 Å². The van der Waals surface area contributed by atoms with E-state index in [0.29, 0.717) is 5.75 Å². The zero-order valence-electron chi connectivity index (χ0n) is 13.3. The highest BCUT2D eigenvalue weighted by molar-refractivity contribution is 7.99. The summed E-state index contributed by atoms with van der Waals surface area (Å²) < 4.78 is 1.92. The van der Waals surface area contributed by atoms with Gasteiger partial charge in [0.2, 0.25) is 5.91 Å². The number of amides is 1. The molecule has 0 fully saturated rings. The summed E-state index contributed by atoms with van der Waals surface area (Å²) in [5.74, 6) is 1.12. The fourth-order valence-corrected chi connectivity index (χ4v) is 3.15.